The first-order valence-electron chi connectivity index (χ1n) is 7.88. The van der Waals surface area contributed by atoms with Crippen LogP contribution in [0, 0.1) is 12.8 Å². The highest BCUT2D eigenvalue weighted by atomic mass is 32.1. The van der Waals surface area contributed by atoms with Crippen molar-refractivity contribution < 1.29 is 23.5 Å². The second-order valence-electron chi connectivity index (χ2n) is 5.97. The first-order valence-corrected chi connectivity index (χ1v) is 8.76. The van der Waals surface area contributed by atoms with Crippen LogP contribution in [0.2, 0.25) is 0 Å². The fraction of sp³-hybridized carbons (Fsp3) is 0.500. The van der Waals surface area contributed by atoms with Gasteiger partial charge in [0.1, 0.15) is 23.9 Å². The van der Waals surface area contributed by atoms with Crippen LogP contribution in [-0.4, -0.2) is 43.5 Å². The Balaban J connectivity index is 1.44. The van der Waals surface area contributed by atoms with Crippen LogP contribution in [0.3, 0.4) is 0 Å². The van der Waals surface area contributed by atoms with Gasteiger partial charge in [0.05, 0.1) is 24.9 Å². The predicted octanol–water partition coefficient (Wildman–Crippen LogP) is 1.80. The number of fused-ring (bicyclic) bond motifs is 1. The minimum Gasteiger partial charge on any atom is -0.485 e. The first kappa shape index (κ1) is 15.5. The van der Waals surface area contributed by atoms with Gasteiger partial charge >= 0.3 is 0 Å². The summed E-state index contributed by atoms with van der Waals surface area (Å²) in [6, 6.07) is 1.85. The smallest absolute Gasteiger partial charge is 0.265 e. The molecule has 0 saturated carbocycles. The molecule has 1 fully saturated rings. The van der Waals surface area contributed by atoms with Gasteiger partial charge in [0, 0.05) is 23.8 Å². The average molecular weight is 350 g/mol. The Bertz CT molecular complexity index is 741. The summed E-state index contributed by atoms with van der Waals surface area (Å²) in [5, 5.41) is 8.77. The highest BCUT2D eigenvalue weighted by Gasteiger charge is 2.33. The van der Waals surface area contributed by atoms with Crippen LogP contribution in [0.5, 0.6) is 11.5 Å². The summed E-state index contributed by atoms with van der Waals surface area (Å²) in [4.78, 5) is 13.2. The van der Waals surface area contributed by atoms with E-state index in [1.807, 2.05) is 18.4 Å². The molecule has 1 N–H and O–H groups in total. The summed E-state index contributed by atoms with van der Waals surface area (Å²) in [6.07, 6.45) is 0.688. The number of nitrogens with one attached hydrogen (secondary N) is 1. The topological polar surface area (TPSA) is 82.8 Å². The van der Waals surface area contributed by atoms with Crippen LogP contribution in [0.4, 0.5) is 0 Å². The van der Waals surface area contributed by atoms with Gasteiger partial charge in [0.15, 0.2) is 11.5 Å². The van der Waals surface area contributed by atoms with Crippen LogP contribution in [-0.2, 0) is 11.2 Å². The lowest BCUT2D eigenvalue weighted by atomic mass is 9.98. The highest BCUT2D eigenvalue weighted by molar-refractivity contribution is 7.12. The Morgan fingerprint density at radius 3 is 3.08 bits per heavy atom. The summed E-state index contributed by atoms with van der Waals surface area (Å²) in [5.41, 5.74) is 0.854. The molecule has 2 aromatic rings. The summed E-state index contributed by atoms with van der Waals surface area (Å²) in [6.45, 7) is 3.95. The van der Waals surface area contributed by atoms with E-state index in [-0.39, 0.29) is 17.9 Å². The summed E-state index contributed by atoms with van der Waals surface area (Å²) in [5.74, 6) is 2.01. The van der Waals surface area contributed by atoms with E-state index in [2.05, 4.69) is 10.5 Å². The Hall–Kier alpha value is -2.06. The van der Waals surface area contributed by atoms with Crippen LogP contribution >= 0.6 is 11.3 Å². The van der Waals surface area contributed by atoms with Crippen LogP contribution in [0.15, 0.2) is 16.0 Å². The van der Waals surface area contributed by atoms with E-state index < -0.39 is 0 Å². The molecule has 24 heavy (non-hydrogen) atoms. The van der Waals surface area contributed by atoms with Crippen molar-refractivity contribution in [1.29, 1.82) is 0 Å². The van der Waals surface area contributed by atoms with Gasteiger partial charge in [0.2, 0.25) is 0 Å². The van der Waals surface area contributed by atoms with Crippen molar-refractivity contribution in [1.82, 2.24) is 10.5 Å². The van der Waals surface area contributed by atoms with E-state index in [4.69, 9.17) is 18.7 Å². The van der Waals surface area contributed by atoms with E-state index in [1.165, 1.54) is 11.3 Å². The van der Waals surface area contributed by atoms with Crippen LogP contribution < -0.4 is 14.8 Å². The van der Waals surface area contributed by atoms with Gasteiger partial charge in [-0.1, -0.05) is 5.16 Å². The van der Waals surface area contributed by atoms with E-state index in [1.54, 1.807) is 0 Å². The normalized spacial score (nSPS) is 22.5. The maximum atomic E-state index is 12.6. The summed E-state index contributed by atoms with van der Waals surface area (Å²) in [7, 11) is 0. The van der Waals surface area contributed by atoms with Gasteiger partial charge < -0.3 is 24.1 Å². The van der Waals surface area contributed by atoms with Gasteiger partial charge in [-0.15, -0.1) is 11.3 Å². The molecule has 7 nitrogen and oxygen atoms in total. The number of hydrogen-bond acceptors (Lipinski definition) is 7. The lowest BCUT2D eigenvalue weighted by Gasteiger charge is -2.19. The number of carbonyl (C=O) groups is 1. The third kappa shape index (κ3) is 2.99. The molecular formula is C16H18N2O5S. The second kappa shape index (κ2) is 6.45. The Labute approximate surface area is 142 Å². The van der Waals surface area contributed by atoms with Gasteiger partial charge in [-0.2, -0.15) is 0 Å². The predicted molar refractivity (Wildman–Crippen MR) is 85.8 cm³/mol. The molecular weight excluding hydrogens is 332 g/mol. The van der Waals surface area contributed by atoms with Crippen molar-refractivity contribution in [2.45, 2.75) is 19.4 Å². The van der Waals surface area contributed by atoms with Gasteiger partial charge in [-0.3, -0.25) is 4.79 Å². The largest absolute Gasteiger partial charge is 0.485 e. The van der Waals surface area contributed by atoms with Crippen molar-refractivity contribution in [3.8, 4) is 11.5 Å². The third-order valence-corrected chi connectivity index (χ3v) is 5.10. The van der Waals surface area contributed by atoms with Crippen LogP contribution in [0.1, 0.15) is 21.1 Å². The molecule has 4 rings (SSSR count). The van der Waals surface area contributed by atoms with Gasteiger partial charge in [0.25, 0.3) is 5.91 Å². The molecule has 2 unspecified atom stereocenters. The molecule has 8 heteroatoms. The molecule has 0 aliphatic carbocycles. The molecule has 128 valence electrons. The SMILES string of the molecule is Cc1cc(CC2COCC2NC(=O)c2scc3c2OCCO3)on1. The summed E-state index contributed by atoms with van der Waals surface area (Å²) >= 11 is 1.33. The average Bonchev–Trinajstić information content (AvgIpc) is 3.28. The third-order valence-electron chi connectivity index (χ3n) is 4.16. The molecule has 0 aromatic carbocycles. The number of ether oxygens (including phenoxy) is 3. The zero-order valence-electron chi connectivity index (χ0n) is 13.2. The highest BCUT2D eigenvalue weighted by Crippen LogP contribution is 2.39. The van der Waals surface area contributed by atoms with E-state index in [9.17, 15) is 4.79 Å². The molecule has 0 spiro atoms. The maximum Gasteiger partial charge on any atom is 0.265 e. The standard InChI is InChI=1S/C16H18N2O5S/c1-9-4-11(23-18-9)5-10-6-20-7-12(10)17-16(19)15-14-13(8-24-15)21-2-3-22-14/h4,8,10,12H,2-3,5-7H2,1H3,(H,17,19). The first-order chi connectivity index (χ1) is 11.7. The number of aromatic nitrogens is 1. The lowest BCUT2D eigenvalue weighted by Crippen LogP contribution is -2.40. The minimum atomic E-state index is -0.152. The Morgan fingerprint density at radius 2 is 2.25 bits per heavy atom. The minimum absolute atomic E-state index is 0.0647. The van der Waals surface area contributed by atoms with Crippen molar-refractivity contribution in [3.05, 3.63) is 27.8 Å². The molecule has 4 heterocycles. The molecule has 2 atom stereocenters. The van der Waals surface area contributed by atoms with Crippen molar-refractivity contribution in [2.75, 3.05) is 26.4 Å². The fourth-order valence-electron chi connectivity index (χ4n) is 2.98. The number of amides is 1. The second-order valence-corrected chi connectivity index (χ2v) is 6.85. The fourth-order valence-corrected chi connectivity index (χ4v) is 3.82. The molecule has 0 radical (unpaired) electrons. The quantitative estimate of drug-likeness (QED) is 0.905. The molecule has 0 bridgehead atoms. The number of carbonyl (C=O) groups excluding carboxylic acids is 1. The molecule has 2 aliphatic heterocycles. The summed E-state index contributed by atoms with van der Waals surface area (Å²) < 4.78 is 21.9. The molecule has 2 aliphatic rings. The number of hydrogen-bond donors (Lipinski definition) is 1. The Morgan fingerprint density at radius 1 is 1.38 bits per heavy atom. The Kier molecular flexibility index (Phi) is 4.15. The maximum absolute atomic E-state index is 12.6. The van der Waals surface area contributed by atoms with Crippen molar-refractivity contribution in [2.24, 2.45) is 5.92 Å². The monoisotopic (exact) mass is 350 g/mol. The van der Waals surface area contributed by atoms with E-state index in [0.717, 1.165) is 11.5 Å². The molecule has 2 aromatic heterocycles. The molecule has 1 amide bonds. The van der Waals surface area contributed by atoms with Crippen LogP contribution in [0.25, 0.3) is 0 Å². The van der Waals surface area contributed by atoms with Crippen molar-refractivity contribution in [3.63, 3.8) is 0 Å². The number of aryl methyl sites for hydroxylation is 1. The number of rotatable bonds is 4. The van der Waals surface area contributed by atoms with Gasteiger partial charge in [-0.25, -0.2) is 0 Å². The van der Waals surface area contributed by atoms with Crippen molar-refractivity contribution >= 4 is 17.2 Å². The number of thiophene rings is 1. The van der Waals surface area contributed by atoms with E-state index in [0.29, 0.717) is 49.2 Å². The zero-order chi connectivity index (χ0) is 16.5. The van der Waals surface area contributed by atoms with E-state index >= 15 is 0 Å². The number of nitrogens with zero attached hydrogens (tertiary/aromatic N) is 1. The van der Waals surface area contributed by atoms with Gasteiger partial charge in [-0.05, 0) is 6.92 Å². The molecule has 1 saturated heterocycles. The lowest BCUT2D eigenvalue weighted by molar-refractivity contribution is 0.0919. The zero-order valence-corrected chi connectivity index (χ0v) is 14.1.